The third-order valence-corrected chi connectivity index (χ3v) is 5.08. The number of nitrogens with one attached hydrogen (secondary N) is 2. The Morgan fingerprint density at radius 1 is 1.57 bits per heavy atom. The summed E-state index contributed by atoms with van der Waals surface area (Å²) < 4.78 is 0. The Bertz CT molecular complexity index is 727. The van der Waals surface area contributed by atoms with Crippen LogP contribution in [0.2, 0.25) is 0 Å². The summed E-state index contributed by atoms with van der Waals surface area (Å²) in [5.41, 5.74) is 0.919. The van der Waals surface area contributed by atoms with Crippen LogP contribution in [-0.2, 0) is 4.79 Å². The number of terminal acetylenes is 1. The van der Waals surface area contributed by atoms with Crippen LogP contribution >= 0.6 is 11.3 Å². The Morgan fingerprint density at radius 3 is 3.17 bits per heavy atom. The summed E-state index contributed by atoms with van der Waals surface area (Å²) in [4.78, 5) is 17.0. The zero-order chi connectivity index (χ0) is 16.2. The molecule has 1 fully saturated rings. The number of hydrogen-bond acceptors (Lipinski definition) is 4. The van der Waals surface area contributed by atoms with E-state index < -0.39 is 0 Å². The van der Waals surface area contributed by atoms with Gasteiger partial charge in [0, 0.05) is 10.9 Å². The second kappa shape index (κ2) is 6.99. The van der Waals surface area contributed by atoms with Gasteiger partial charge in [0.2, 0.25) is 5.91 Å². The minimum absolute atomic E-state index is 0.0274. The maximum absolute atomic E-state index is 12.5. The van der Waals surface area contributed by atoms with Crippen LogP contribution in [-0.4, -0.2) is 40.1 Å². The van der Waals surface area contributed by atoms with E-state index in [0.29, 0.717) is 12.4 Å². The predicted octanol–water partition coefficient (Wildman–Crippen LogP) is 2.87. The molecule has 1 atom stereocenters. The van der Waals surface area contributed by atoms with E-state index >= 15 is 0 Å². The molecule has 1 aliphatic rings. The molecule has 2 aromatic heterocycles. The SMILES string of the molecule is C#CCN1CCCCC1C(=O)Nc1cc(-c2ccc(C)s2)[nH]n1. The third kappa shape index (κ3) is 3.63. The highest BCUT2D eigenvalue weighted by Crippen LogP contribution is 2.27. The number of aryl methyl sites for hydroxylation is 1. The summed E-state index contributed by atoms with van der Waals surface area (Å²) in [5, 5.41) is 10.1. The molecule has 0 saturated carbocycles. The lowest BCUT2D eigenvalue weighted by Gasteiger charge is -2.32. The molecule has 3 heterocycles. The molecule has 1 unspecified atom stereocenters. The molecule has 0 aliphatic carbocycles. The lowest BCUT2D eigenvalue weighted by Crippen LogP contribution is -2.47. The summed E-state index contributed by atoms with van der Waals surface area (Å²) in [6.45, 7) is 3.46. The van der Waals surface area contributed by atoms with Gasteiger partial charge in [0.1, 0.15) is 0 Å². The first-order valence-electron chi connectivity index (χ1n) is 7.78. The van der Waals surface area contributed by atoms with Crippen molar-refractivity contribution in [1.82, 2.24) is 15.1 Å². The first-order chi connectivity index (χ1) is 11.2. The van der Waals surface area contributed by atoms with Gasteiger partial charge in [0.05, 0.1) is 23.2 Å². The largest absolute Gasteiger partial charge is 0.308 e. The standard InChI is InChI=1S/C17H20N4OS/c1-3-9-21-10-5-4-6-14(21)17(22)18-16-11-13(19-20-16)15-8-7-12(2)23-15/h1,7-8,11,14H,4-6,9-10H2,2H3,(H2,18,19,20,22). The van der Waals surface area contributed by atoms with Crippen molar-refractivity contribution in [2.45, 2.75) is 32.2 Å². The highest BCUT2D eigenvalue weighted by molar-refractivity contribution is 7.15. The van der Waals surface area contributed by atoms with Gasteiger partial charge in [-0.05, 0) is 38.4 Å². The van der Waals surface area contributed by atoms with Gasteiger partial charge in [-0.2, -0.15) is 5.10 Å². The second-order valence-electron chi connectivity index (χ2n) is 5.75. The average Bonchev–Trinajstić information content (AvgIpc) is 3.17. The molecule has 23 heavy (non-hydrogen) atoms. The second-order valence-corrected chi connectivity index (χ2v) is 7.04. The van der Waals surface area contributed by atoms with Crippen molar-refractivity contribution in [1.29, 1.82) is 0 Å². The minimum Gasteiger partial charge on any atom is -0.308 e. The molecule has 5 nitrogen and oxygen atoms in total. The fourth-order valence-corrected chi connectivity index (χ4v) is 3.73. The third-order valence-electron chi connectivity index (χ3n) is 4.05. The number of carbonyl (C=O) groups excluding carboxylic acids is 1. The van der Waals surface area contributed by atoms with E-state index in [-0.39, 0.29) is 11.9 Å². The number of aromatic nitrogens is 2. The Morgan fingerprint density at radius 2 is 2.43 bits per heavy atom. The van der Waals surface area contributed by atoms with Crippen LogP contribution in [0.5, 0.6) is 0 Å². The number of amides is 1. The van der Waals surface area contributed by atoms with E-state index in [1.165, 1.54) is 4.88 Å². The lowest BCUT2D eigenvalue weighted by atomic mass is 10.0. The number of thiophene rings is 1. The Balaban J connectivity index is 1.68. The fourth-order valence-electron chi connectivity index (χ4n) is 2.90. The van der Waals surface area contributed by atoms with Gasteiger partial charge in [-0.15, -0.1) is 17.8 Å². The summed E-state index contributed by atoms with van der Waals surface area (Å²) in [5.74, 6) is 3.17. The van der Waals surface area contributed by atoms with E-state index in [9.17, 15) is 4.79 Å². The monoisotopic (exact) mass is 328 g/mol. The molecule has 1 aliphatic heterocycles. The molecular formula is C17H20N4OS. The van der Waals surface area contributed by atoms with Crippen LogP contribution in [0.3, 0.4) is 0 Å². The van der Waals surface area contributed by atoms with Gasteiger partial charge in [-0.25, -0.2) is 0 Å². The van der Waals surface area contributed by atoms with Gasteiger partial charge in [0.25, 0.3) is 0 Å². The number of rotatable bonds is 4. The smallest absolute Gasteiger partial charge is 0.242 e. The van der Waals surface area contributed by atoms with Crippen molar-refractivity contribution in [3.05, 3.63) is 23.1 Å². The van der Waals surface area contributed by atoms with Gasteiger partial charge >= 0.3 is 0 Å². The molecular weight excluding hydrogens is 308 g/mol. The Hall–Kier alpha value is -2.10. The maximum Gasteiger partial charge on any atom is 0.242 e. The van der Waals surface area contributed by atoms with Gasteiger partial charge < -0.3 is 5.32 Å². The van der Waals surface area contributed by atoms with Gasteiger partial charge in [-0.1, -0.05) is 12.3 Å². The van der Waals surface area contributed by atoms with Crippen molar-refractivity contribution < 1.29 is 4.79 Å². The molecule has 1 amide bonds. The highest BCUT2D eigenvalue weighted by Gasteiger charge is 2.28. The number of carbonyl (C=O) groups is 1. The molecule has 120 valence electrons. The van der Waals surface area contributed by atoms with E-state index in [1.807, 2.05) is 6.07 Å². The van der Waals surface area contributed by atoms with E-state index in [0.717, 1.165) is 36.4 Å². The Labute approximate surface area is 140 Å². The molecule has 0 spiro atoms. The molecule has 0 radical (unpaired) electrons. The lowest BCUT2D eigenvalue weighted by molar-refractivity contribution is -0.122. The van der Waals surface area contributed by atoms with Crippen LogP contribution < -0.4 is 5.32 Å². The summed E-state index contributed by atoms with van der Waals surface area (Å²) >= 11 is 1.69. The van der Waals surface area contributed by atoms with Crippen LogP contribution in [0, 0.1) is 19.3 Å². The molecule has 3 rings (SSSR count). The van der Waals surface area contributed by atoms with Crippen molar-refractivity contribution in [2.24, 2.45) is 0 Å². The van der Waals surface area contributed by atoms with Gasteiger partial charge in [-0.3, -0.25) is 14.8 Å². The highest BCUT2D eigenvalue weighted by atomic mass is 32.1. The molecule has 2 N–H and O–H groups in total. The zero-order valence-corrected chi connectivity index (χ0v) is 13.9. The van der Waals surface area contributed by atoms with Crippen molar-refractivity contribution >= 4 is 23.1 Å². The first kappa shape index (κ1) is 15.8. The van der Waals surface area contributed by atoms with E-state index in [2.05, 4.69) is 45.4 Å². The number of hydrogen-bond donors (Lipinski definition) is 2. The maximum atomic E-state index is 12.5. The predicted molar refractivity (Wildman–Crippen MR) is 93.3 cm³/mol. The molecule has 0 aromatic carbocycles. The zero-order valence-electron chi connectivity index (χ0n) is 13.1. The number of likely N-dealkylation sites (tertiary alicyclic amines) is 1. The number of H-pyrrole nitrogens is 1. The molecule has 0 bridgehead atoms. The van der Waals surface area contributed by atoms with Crippen LogP contribution in [0.4, 0.5) is 5.82 Å². The van der Waals surface area contributed by atoms with Crippen molar-refractivity contribution in [2.75, 3.05) is 18.4 Å². The molecule has 6 heteroatoms. The average molecular weight is 328 g/mol. The van der Waals surface area contributed by atoms with Crippen LogP contribution in [0.15, 0.2) is 18.2 Å². The number of anilines is 1. The van der Waals surface area contributed by atoms with Gasteiger partial charge in [0.15, 0.2) is 5.82 Å². The van der Waals surface area contributed by atoms with E-state index in [1.54, 1.807) is 11.3 Å². The van der Waals surface area contributed by atoms with Crippen molar-refractivity contribution in [3.8, 4) is 22.9 Å². The molecule has 1 saturated heterocycles. The topological polar surface area (TPSA) is 61.0 Å². The summed E-state index contributed by atoms with van der Waals surface area (Å²) in [7, 11) is 0. The van der Waals surface area contributed by atoms with Crippen LogP contribution in [0.1, 0.15) is 24.1 Å². The number of piperidine rings is 1. The first-order valence-corrected chi connectivity index (χ1v) is 8.59. The van der Waals surface area contributed by atoms with E-state index in [4.69, 9.17) is 6.42 Å². The summed E-state index contributed by atoms with van der Waals surface area (Å²) in [6, 6.07) is 5.83. The summed E-state index contributed by atoms with van der Waals surface area (Å²) in [6.07, 6.45) is 8.39. The number of aromatic amines is 1. The van der Waals surface area contributed by atoms with Crippen molar-refractivity contribution in [3.63, 3.8) is 0 Å². The fraction of sp³-hybridized carbons (Fsp3) is 0.412. The normalized spacial score (nSPS) is 18.5. The molecule has 2 aromatic rings. The number of nitrogens with zero attached hydrogens (tertiary/aromatic N) is 2. The quantitative estimate of drug-likeness (QED) is 0.849. The Kier molecular flexibility index (Phi) is 4.79. The minimum atomic E-state index is -0.163. The van der Waals surface area contributed by atoms with Crippen LogP contribution in [0.25, 0.3) is 10.6 Å².